The number of carboxylic acids is 1. The van der Waals surface area contributed by atoms with Gasteiger partial charge >= 0.3 is 5.97 Å². The van der Waals surface area contributed by atoms with Crippen molar-refractivity contribution in [1.29, 1.82) is 0 Å². The van der Waals surface area contributed by atoms with Crippen LogP contribution in [0.4, 0.5) is 0 Å². The second kappa shape index (κ2) is 6.18. The van der Waals surface area contributed by atoms with E-state index in [0.717, 1.165) is 16.5 Å². The lowest BCUT2D eigenvalue weighted by molar-refractivity contribution is -0.148. The van der Waals surface area contributed by atoms with E-state index in [1.54, 1.807) is 11.0 Å². The van der Waals surface area contributed by atoms with E-state index in [0.29, 0.717) is 31.5 Å². The SMILES string of the molecule is CCCC1(C(=O)O)CCN(C(=O)c2cc(C)cc(Br)c2)C1. The van der Waals surface area contributed by atoms with Crippen molar-refractivity contribution in [1.82, 2.24) is 4.90 Å². The number of carbonyl (C=O) groups is 2. The van der Waals surface area contributed by atoms with Crippen LogP contribution in [0.1, 0.15) is 42.1 Å². The predicted octanol–water partition coefficient (Wildman–Crippen LogP) is 3.47. The minimum Gasteiger partial charge on any atom is -0.481 e. The Kier molecular flexibility index (Phi) is 4.71. The lowest BCUT2D eigenvalue weighted by Gasteiger charge is -2.24. The summed E-state index contributed by atoms with van der Waals surface area (Å²) < 4.78 is 0.864. The zero-order valence-corrected chi connectivity index (χ0v) is 13.9. The Balaban J connectivity index is 2.20. The molecule has 1 heterocycles. The normalized spacial score (nSPS) is 21.6. The van der Waals surface area contributed by atoms with Crippen LogP contribution in [0.2, 0.25) is 0 Å². The Morgan fingerprint density at radius 2 is 2.10 bits per heavy atom. The molecule has 0 bridgehead atoms. The van der Waals surface area contributed by atoms with Crippen molar-refractivity contribution in [3.63, 3.8) is 0 Å². The van der Waals surface area contributed by atoms with Gasteiger partial charge in [-0.25, -0.2) is 0 Å². The van der Waals surface area contributed by atoms with Crippen molar-refractivity contribution in [3.8, 4) is 0 Å². The van der Waals surface area contributed by atoms with Gasteiger partial charge in [0, 0.05) is 23.1 Å². The average molecular weight is 354 g/mol. The van der Waals surface area contributed by atoms with E-state index in [1.807, 2.05) is 26.0 Å². The Bertz CT molecular complexity index is 552. The largest absolute Gasteiger partial charge is 0.481 e. The molecule has 5 heteroatoms. The van der Waals surface area contributed by atoms with Crippen LogP contribution in [-0.2, 0) is 4.79 Å². The maximum absolute atomic E-state index is 12.6. The molecule has 1 aliphatic heterocycles. The smallest absolute Gasteiger partial charge is 0.311 e. The number of benzene rings is 1. The maximum Gasteiger partial charge on any atom is 0.311 e. The van der Waals surface area contributed by atoms with Gasteiger partial charge in [0.1, 0.15) is 0 Å². The van der Waals surface area contributed by atoms with Crippen LogP contribution < -0.4 is 0 Å². The zero-order chi connectivity index (χ0) is 15.6. The van der Waals surface area contributed by atoms with Crippen molar-refractivity contribution in [2.75, 3.05) is 13.1 Å². The van der Waals surface area contributed by atoms with Crippen molar-refractivity contribution < 1.29 is 14.7 Å². The first-order valence-corrected chi connectivity index (χ1v) is 7.97. The van der Waals surface area contributed by atoms with Crippen LogP contribution in [-0.4, -0.2) is 35.0 Å². The first-order chi connectivity index (χ1) is 9.88. The van der Waals surface area contributed by atoms with Crippen LogP contribution >= 0.6 is 15.9 Å². The number of nitrogens with zero attached hydrogens (tertiary/aromatic N) is 1. The monoisotopic (exact) mass is 353 g/mol. The number of hydrogen-bond acceptors (Lipinski definition) is 2. The Labute approximate surface area is 133 Å². The molecule has 1 aromatic carbocycles. The molecule has 1 saturated heterocycles. The standard InChI is InChI=1S/C16H20BrNO3/c1-3-4-16(15(20)21)5-6-18(10-16)14(19)12-7-11(2)8-13(17)9-12/h7-9H,3-6,10H2,1-2H3,(H,20,21). The van der Waals surface area contributed by atoms with Gasteiger partial charge in [0.05, 0.1) is 5.41 Å². The van der Waals surface area contributed by atoms with Gasteiger partial charge in [-0.1, -0.05) is 29.3 Å². The molecule has 0 spiro atoms. The molecule has 1 atom stereocenters. The number of rotatable bonds is 4. The highest BCUT2D eigenvalue weighted by Crippen LogP contribution is 2.36. The van der Waals surface area contributed by atoms with Crippen LogP contribution in [0.3, 0.4) is 0 Å². The van der Waals surface area contributed by atoms with Gasteiger partial charge in [-0.2, -0.15) is 0 Å². The molecule has 1 fully saturated rings. The predicted molar refractivity (Wildman–Crippen MR) is 84.4 cm³/mol. The summed E-state index contributed by atoms with van der Waals surface area (Å²) in [6, 6.07) is 5.57. The summed E-state index contributed by atoms with van der Waals surface area (Å²) in [6.45, 7) is 4.73. The summed E-state index contributed by atoms with van der Waals surface area (Å²) in [5.41, 5.74) is 0.843. The third kappa shape index (κ3) is 3.28. The lowest BCUT2D eigenvalue weighted by atomic mass is 9.83. The number of likely N-dealkylation sites (tertiary alicyclic amines) is 1. The lowest BCUT2D eigenvalue weighted by Crippen LogP contribution is -2.37. The fraction of sp³-hybridized carbons (Fsp3) is 0.500. The van der Waals surface area contributed by atoms with Gasteiger partial charge in [-0.15, -0.1) is 0 Å². The molecule has 0 aliphatic carbocycles. The van der Waals surface area contributed by atoms with E-state index in [4.69, 9.17) is 0 Å². The van der Waals surface area contributed by atoms with Gasteiger partial charge in [0.15, 0.2) is 0 Å². The van der Waals surface area contributed by atoms with Crippen molar-refractivity contribution in [2.24, 2.45) is 5.41 Å². The second-order valence-corrected chi connectivity index (χ2v) is 6.75. The number of aryl methyl sites for hydroxylation is 1. The fourth-order valence-electron chi connectivity index (χ4n) is 3.05. The van der Waals surface area contributed by atoms with Crippen LogP contribution in [0.25, 0.3) is 0 Å². The van der Waals surface area contributed by atoms with Crippen LogP contribution in [0, 0.1) is 12.3 Å². The fourth-order valence-corrected chi connectivity index (χ4v) is 3.66. The summed E-state index contributed by atoms with van der Waals surface area (Å²) >= 11 is 3.40. The maximum atomic E-state index is 12.6. The van der Waals surface area contributed by atoms with Crippen molar-refractivity contribution in [3.05, 3.63) is 33.8 Å². The van der Waals surface area contributed by atoms with E-state index in [9.17, 15) is 14.7 Å². The number of carbonyl (C=O) groups excluding carboxylic acids is 1. The van der Waals surface area contributed by atoms with Crippen molar-refractivity contribution in [2.45, 2.75) is 33.1 Å². The molecule has 1 amide bonds. The topological polar surface area (TPSA) is 57.6 Å². The summed E-state index contributed by atoms with van der Waals surface area (Å²) in [5, 5.41) is 9.51. The minimum absolute atomic E-state index is 0.0846. The molecular weight excluding hydrogens is 334 g/mol. The van der Waals surface area contributed by atoms with Gasteiger partial charge < -0.3 is 10.0 Å². The highest BCUT2D eigenvalue weighted by molar-refractivity contribution is 9.10. The molecule has 2 rings (SSSR count). The van der Waals surface area contributed by atoms with Gasteiger partial charge in [-0.3, -0.25) is 9.59 Å². The number of carboxylic acid groups (broad SMARTS) is 1. The highest BCUT2D eigenvalue weighted by atomic mass is 79.9. The van der Waals surface area contributed by atoms with E-state index >= 15 is 0 Å². The molecule has 0 radical (unpaired) electrons. The van der Waals surface area contributed by atoms with Gasteiger partial charge in [0.2, 0.25) is 0 Å². The molecule has 0 aromatic heterocycles. The van der Waals surface area contributed by atoms with E-state index in [1.165, 1.54) is 0 Å². The first kappa shape index (κ1) is 16.0. The third-order valence-corrected chi connectivity index (χ3v) is 4.57. The Morgan fingerprint density at radius 1 is 1.38 bits per heavy atom. The zero-order valence-electron chi connectivity index (χ0n) is 12.4. The molecule has 0 saturated carbocycles. The van der Waals surface area contributed by atoms with Crippen LogP contribution in [0.15, 0.2) is 22.7 Å². The van der Waals surface area contributed by atoms with Gasteiger partial charge in [-0.05, 0) is 43.5 Å². The molecule has 1 unspecified atom stereocenters. The van der Waals surface area contributed by atoms with E-state index < -0.39 is 11.4 Å². The quantitative estimate of drug-likeness (QED) is 0.901. The van der Waals surface area contributed by atoms with Crippen molar-refractivity contribution >= 4 is 27.8 Å². The molecule has 1 N–H and O–H groups in total. The summed E-state index contributed by atoms with van der Waals surface area (Å²) in [7, 11) is 0. The number of halogens is 1. The summed E-state index contributed by atoms with van der Waals surface area (Å²) in [5.74, 6) is -0.872. The molecule has 1 aliphatic rings. The Morgan fingerprint density at radius 3 is 2.67 bits per heavy atom. The summed E-state index contributed by atoms with van der Waals surface area (Å²) in [4.78, 5) is 25.8. The number of hydrogen-bond donors (Lipinski definition) is 1. The summed E-state index contributed by atoms with van der Waals surface area (Å²) in [6.07, 6.45) is 1.96. The molecule has 4 nitrogen and oxygen atoms in total. The second-order valence-electron chi connectivity index (χ2n) is 5.83. The minimum atomic E-state index is -0.787. The van der Waals surface area contributed by atoms with E-state index in [2.05, 4.69) is 15.9 Å². The molecule has 114 valence electrons. The molecular formula is C16H20BrNO3. The number of aliphatic carboxylic acids is 1. The molecule has 21 heavy (non-hydrogen) atoms. The average Bonchev–Trinajstić information content (AvgIpc) is 2.83. The van der Waals surface area contributed by atoms with E-state index in [-0.39, 0.29) is 5.91 Å². The van der Waals surface area contributed by atoms with Crippen LogP contribution in [0.5, 0.6) is 0 Å². The molecule has 1 aromatic rings. The Hall–Kier alpha value is -1.36. The number of amides is 1. The van der Waals surface area contributed by atoms with Gasteiger partial charge in [0.25, 0.3) is 5.91 Å². The third-order valence-electron chi connectivity index (χ3n) is 4.11. The highest BCUT2D eigenvalue weighted by Gasteiger charge is 2.45. The first-order valence-electron chi connectivity index (χ1n) is 7.18.